The van der Waals surface area contributed by atoms with E-state index < -0.39 is 5.82 Å². The molecule has 4 rings (SSSR count). The molecule has 6 heteroatoms. The average Bonchev–Trinajstić information content (AvgIpc) is 3.23. The predicted octanol–water partition coefficient (Wildman–Crippen LogP) is 3.40. The zero-order chi connectivity index (χ0) is 16.5. The van der Waals surface area contributed by atoms with Gasteiger partial charge in [-0.2, -0.15) is 4.98 Å². The second-order valence-electron chi connectivity index (χ2n) is 5.68. The van der Waals surface area contributed by atoms with Crippen molar-refractivity contribution in [3.05, 3.63) is 66.3 Å². The molecule has 5 nitrogen and oxygen atoms in total. The molecular weight excluding hydrogens is 309 g/mol. The highest BCUT2D eigenvalue weighted by molar-refractivity contribution is 5.96. The van der Waals surface area contributed by atoms with Gasteiger partial charge >= 0.3 is 0 Å². The van der Waals surface area contributed by atoms with Gasteiger partial charge in [-0.15, -0.1) is 0 Å². The Hall–Kier alpha value is -3.02. The fourth-order valence-electron chi connectivity index (χ4n) is 2.88. The molecule has 1 aliphatic heterocycles. The minimum atomic E-state index is -0.404. The van der Waals surface area contributed by atoms with Crippen LogP contribution in [0, 0.1) is 5.82 Å². The summed E-state index contributed by atoms with van der Waals surface area (Å²) in [7, 11) is 0. The zero-order valence-electron chi connectivity index (χ0n) is 12.7. The summed E-state index contributed by atoms with van der Waals surface area (Å²) in [6.07, 6.45) is 0.299. The molecule has 0 saturated carbocycles. The van der Waals surface area contributed by atoms with E-state index in [1.54, 1.807) is 23.1 Å². The van der Waals surface area contributed by atoms with Crippen molar-refractivity contribution in [3.63, 3.8) is 0 Å². The average molecular weight is 323 g/mol. The Labute approximate surface area is 137 Å². The zero-order valence-corrected chi connectivity index (χ0v) is 12.7. The van der Waals surface area contributed by atoms with E-state index in [0.29, 0.717) is 18.9 Å². The second kappa shape index (κ2) is 5.88. The minimum absolute atomic E-state index is 0.0110. The normalized spacial score (nSPS) is 17.5. The van der Waals surface area contributed by atoms with E-state index in [1.165, 1.54) is 6.07 Å². The van der Waals surface area contributed by atoms with Crippen molar-refractivity contribution in [2.45, 2.75) is 12.3 Å². The maximum absolute atomic E-state index is 13.8. The Kier molecular flexibility index (Phi) is 3.57. The van der Waals surface area contributed by atoms with E-state index in [1.807, 2.05) is 30.3 Å². The molecule has 1 fully saturated rings. The van der Waals surface area contributed by atoms with Gasteiger partial charge in [-0.05, 0) is 24.3 Å². The third-order valence-electron chi connectivity index (χ3n) is 4.10. The van der Waals surface area contributed by atoms with Crippen molar-refractivity contribution in [1.29, 1.82) is 0 Å². The molecule has 3 aromatic rings. The first-order valence-electron chi connectivity index (χ1n) is 7.66. The fraction of sp³-hybridized carbons (Fsp3) is 0.167. The summed E-state index contributed by atoms with van der Waals surface area (Å²) >= 11 is 0. The van der Waals surface area contributed by atoms with Crippen LogP contribution in [0.3, 0.4) is 0 Å². The van der Waals surface area contributed by atoms with Crippen LogP contribution < -0.4 is 4.90 Å². The smallest absolute Gasteiger partial charge is 0.232 e. The van der Waals surface area contributed by atoms with Crippen molar-refractivity contribution < 1.29 is 13.7 Å². The Bertz CT molecular complexity index is 879. The molecule has 1 saturated heterocycles. The highest BCUT2D eigenvalue weighted by Crippen LogP contribution is 2.32. The van der Waals surface area contributed by atoms with E-state index in [-0.39, 0.29) is 23.2 Å². The number of nitrogens with zero attached hydrogens (tertiary/aromatic N) is 3. The summed E-state index contributed by atoms with van der Waals surface area (Å²) in [6.45, 7) is 0.474. The first kappa shape index (κ1) is 14.6. The van der Waals surface area contributed by atoms with Crippen molar-refractivity contribution in [2.24, 2.45) is 0 Å². The van der Waals surface area contributed by atoms with Crippen LogP contribution in [0.4, 0.5) is 10.1 Å². The maximum Gasteiger partial charge on any atom is 0.232 e. The molecule has 0 N–H and O–H groups in total. The van der Waals surface area contributed by atoms with Crippen molar-refractivity contribution in [2.75, 3.05) is 11.4 Å². The number of carbonyl (C=O) groups is 1. The number of halogens is 1. The number of rotatable bonds is 3. The summed E-state index contributed by atoms with van der Waals surface area (Å²) in [5.41, 5.74) is 1.13. The van der Waals surface area contributed by atoms with Gasteiger partial charge in [0.1, 0.15) is 5.82 Å². The quantitative estimate of drug-likeness (QED) is 0.741. The van der Waals surface area contributed by atoms with Crippen LogP contribution in [0.5, 0.6) is 0 Å². The first-order chi connectivity index (χ1) is 11.7. The fourth-order valence-corrected chi connectivity index (χ4v) is 2.88. The summed E-state index contributed by atoms with van der Waals surface area (Å²) in [5.74, 6) is -0.0189. The topological polar surface area (TPSA) is 59.2 Å². The molecule has 2 aromatic carbocycles. The molecule has 24 heavy (non-hydrogen) atoms. The van der Waals surface area contributed by atoms with E-state index in [2.05, 4.69) is 10.1 Å². The van der Waals surface area contributed by atoms with Gasteiger partial charge < -0.3 is 9.42 Å². The molecule has 120 valence electrons. The van der Waals surface area contributed by atoms with Crippen LogP contribution in [0.25, 0.3) is 11.4 Å². The molecule has 0 radical (unpaired) electrons. The van der Waals surface area contributed by atoms with Crippen LogP contribution in [0.15, 0.2) is 59.1 Å². The van der Waals surface area contributed by atoms with Crippen molar-refractivity contribution in [1.82, 2.24) is 10.1 Å². The number of hydrogen-bond acceptors (Lipinski definition) is 4. The molecule has 1 aromatic heterocycles. The van der Waals surface area contributed by atoms with Gasteiger partial charge in [-0.25, -0.2) is 4.39 Å². The van der Waals surface area contributed by atoms with Crippen LogP contribution >= 0.6 is 0 Å². The van der Waals surface area contributed by atoms with E-state index in [0.717, 1.165) is 5.69 Å². The number of benzene rings is 2. The molecule has 1 atom stereocenters. The minimum Gasteiger partial charge on any atom is -0.339 e. The van der Waals surface area contributed by atoms with Gasteiger partial charge in [0, 0.05) is 18.7 Å². The number of anilines is 1. The number of amides is 1. The standard InChI is InChI=1S/C18H14FN3O2/c19-15-9-5-4-8-14(15)17-20-18(24-21-17)12-10-16(23)22(11-12)13-6-2-1-3-7-13/h1-9,12H,10-11H2. The molecule has 2 heterocycles. The van der Waals surface area contributed by atoms with Gasteiger partial charge in [-0.1, -0.05) is 35.5 Å². The number of para-hydroxylation sites is 1. The summed E-state index contributed by atoms with van der Waals surface area (Å²) in [4.78, 5) is 18.3. The lowest BCUT2D eigenvalue weighted by Crippen LogP contribution is -2.24. The van der Waals surface area contributed by atoms with E-state index in [4.69, 9.17) is 4.52 Å². The Morgan fingerprint density at radius 1 is 1.08 bits per heavy atom. The van der Waals surface area contributed by atoms with Crippen LogP contribution in [0.2, 0.25) is 0 Å². The van der Waals surface area contributed by atoms with Crippen LogP contribution in [0.1, 0.15) is 18.2 Å². The number of carbonyl (C=O) groups excluding carboxylic acids is 1. The molecule has 0 aliphatic carbocycles. The van der Waals surface area contributed by atoms with Crippen LogP contribution in [-0.2, 0) is 4.79 Å². The van der Waals surface area contributed by atoms with Crippen LogP contribution in [-0.4, -0.2) is 22.6 Å². The first-order valence-corrected chi connectivity index (χ1v) is 7.66. The van der Waals surface area contributed by atoms with E-state index >= 15 is 0 Å². The lowest BCUT2D eigenvalue weighted by atomic mass is 10.1. The maximum atomic E-state index is 13.8. The molecular formula is C18H14FN3O2. The SMILES string of the molecule is O=C1CC(c2nc(-c3ccccc3F)no2)CN1c1ccccc1. The predicted molar refractivity (Wildman–Crippen MR) is 85.8 cm³/mol. The summed E-state index contributed by atoms with van der Waals surface area (Å²) in [6, 6.07) is 15.7. The molecule has 0 spiro atoms. The van der Waals surface area contributed by atoms with Gasteiger partial charge in [0.05, 0.1) is 11.5 Å². The van der Waals surface area contributed by atoms with Gasteiger partial charge in [0.2, 0.25) is 17.6 Å². The highest BCUT2D eigenvalue weighted by Gasteiger charge is 2.35. The Morgan fingerprint density at radius 3 is 2.62 bits per heavy atom. The Morgan fingerprint density at radius 2 is 1.83 bits per heavy atom. The van der Waals surface area contributed by atoms with Gasteiger partial charge in [0.25, 0.3) is 0 Å². The van der Waals surface area contributed by atoms with Crippen molar-refractivity contribution >= 4 is 11.6 Å². The summed E-state index contributed by atoms with van der Waals surface area (Å²) in [5, 5.41) is 3.86. The lowest BCUT2D eigenvalue weighted by Gasteiger charge is -2.15. The summed E-state index contributed by atoms with van der Waals surface area (Å²) < 4.78 is 19.1. The third kappa shape index (κ3) is 2.56. The third-order valence-corrected chi connectivity index (χ3v) is 4.10. The van der Waals surface area contributed by atoms with Gasteiger partial charge in [-0.3, -0.25) is 4.79 Å². The van der Waals surface area contributed by atoms with Crippen molar-refractivity contribution in [3.8, 4) is 11.4 Å². The number of aromatic nitrogens is 2. The number of hydrogen-bond donors (Lipinski definition) is 0. The molecule has 0 bridgehead atoms. The molecule has 1 aliphatic rings. The highest BCUT2D eigenvalue weighted by atomic mass is 19.1. The molecule has 1 amide bonds. The van der Waals surface area contributed by atoms with E-state index in [9.17, 15) is 9.18 Å². The monoisotopic (exact) mass is 323 g/mol. The largest absolute Gasteiger partial charge is 0.339 e. The Balaban J connectivity index is 1.58. The second-order valence-corrected chi connectivity index (χ2v) is 5.68. The van der Waals surface area contributed by atoms with Gasteiger partial charge in [0.15, 0.2) is 0 Å². The molecule has 1 unspecified atom stereocenters. The lowest BCUT2D eigenvalue weighted by molar-refractivity contribution is -0.117.